The van der Waals surface area contributed by atoms with Crippen molar-refractivity contribution in [1.29, 1.82) is 0 Å². The van der Waals surface area contributed by atoms with E-state index in [0.717, 1.165) is 17.7 Å². The molecular weight excluding hydrogens is 431 g/mol. The van der Waals surface area contributed by atoms with Crippen LogP contribution in [0.4, 0.5) is 11.4 Å². The van der Waals surface area contributed by atoms with Gasteiger partial charge in [-0.3, -0.25) is 9.52 Å². The molecule has 8 heteroatoms. The third kappa shape index (κ3) is 5.09. The number of halogens is 2. The Morgan fingerprint density at radius 1 is 0.966 bits per heavy atom. The zero-order valence-electron chi connectivity index (χ0n) is 15.4. The number of amides is 1. The molecule has 0 heterocycles. The molecular formula is C21H18Cl2N2O3S. The molecule has 0 radical (unpaired) electrons. The SMILES string of the molecule is CCc1ccccc1NC(=O)c1ccc(NS(=O)(=O)c2cc(Cl)ccc2Cl)cc1. The van der Waals surface area contributed by atoms with Crippen molar-refractivity contribution < 1.29 is 13.2 Å². The molecule has 0 aliphatic carbocycles. The van der Waals surface area contributed by atoms with E-state index in [2.05, 4.69) is 10.0 Å². The molecule has 0 unspecified atom stereocenters. The van der Waals surface area contributed by atoms with Crippen LogP contribution in [0.2, 0.25) is 10.0 Å². The average molecular weight is 449 g/mol. The van der Waals surface area contributed by atoms with Gasteiger partial charge < -0.3 is 5.32 Å². The van der Waals surface area contributed by atoms with E-state index in [1.807, 2.05) is 31.2 Å². The Kier molecular flexibility index (Phi) is 6.47. The lowest BCUT2D eigenvalue weighted by molar-refractivity contribution is 0.102. The summed E-state index contributed by atoms with van der Waals surface area (Å²) in [6.45, 7) is 2.01. The predicted molar refractivity (Wildman–Crippen MR) is 117 cm³/mol. The van der Waals surface area contributed by atoms with Crippen LogP contribution in [0.15, 0.2) is 71.6 Å². The van der Waals surface area contributed by atoms with Gasteiger partial charge in [-0.2, -0.15) is 0 Å². The second kappa shape index (κ2) is 8.86. The van der Waals surface area contributed by atoms with E-state index in [4.69, 9.17) is 23.2 Å². The highest BCUT2D eigenvalue weighted by molar-refractivity contribution is 7.92. The van der Waals surface area contributed by atoms with E-state index >= 15 is 0 Å². The maximum absolute atomic E-state index is 12.6. The zero-order valence-corrected chi connectivity index (χ0v) is 17.8. The van der Waals surface area contributed by atoms with E-state index in [-0.39, 0.29) is 20.8 Å². The summed E-state index contributed by atoms with van der Waals surface area (Å²) in [5, 5.41) is 3.20. The molecule has 2 N–H and O–H groups in total. The maximum Gasteiger partial charge on any atom is 0.263 e. The standard InChI is InChI=1S/C21H18Cl2N2O3S/c1-2-14-5-3-4-6-19(14)24-21(26)15-7-10-17(11-8-15)25-29(27,28)20-13-16(22)9-12-18(20)23/h3-13,25H,2H2,1H3,(H,24,26). The van der Waals surface area contributed by atoms with Crippen LogP contribution >= 0.6 is 23.2 Å². The van der Waals surface area contributed by atoms with Crippen molar-refractivity contribution in [3.63, 3.8) is 0 Å². The van der Waals surface area contributed by atoms with Crippen LogP contribution in [-0.2, 0) is 16.4 Å². The Morgan fingerprint density at radius 3 is 2.34 bits per heavy atom. The molecule has 0 aromatic heterocycles. The zero-order chi connectivity index (χ0) is 21.0. The molecule has 1 amide bonds. The fourth-order valence-electron chi connectivity index (χ4n) is 2.73. The third-order valence-corrected chi connectivity index (χ3v) is 6.33. The number of rotatable bonds is 6. The first-order valence-electron chi connectivity index (χ1n) is 8.77. The Bertz CT molecular complexity index is 1150. The van der Waals surface area contributed by atoms with Crippen LogP contribution in [0.1, 0.15) is 22.8 Å². The van der Waals surface area contributed by atoms with E-state index < -0.39 is 10.0 Å². The van der Waals surface area contributed by atoms with Crippen LogP contribution in [-0.4, -0.2) is 14.3 Å². The van der Waals surface area contributed by atoms with Gasteiger partial charge in [-0.25, -0.2) is 8.42 Å². The van der Waals surface area contributed by atoms with Crippen molar-refractivity contribution in [3.05, 3.63) is 87.9 Å². The van der Waals surface area contributed by atoms with Crippen LogP contribution in [0, 0.1) is 0 Å². The molecule has 0 fully saturated rings. The van der Waals surface area contributed by atoms with Crippen LogP contribution < -0.4 is 10.0 Å². The monoisotopic (exact) mass is 448 g/mol. The topological polar surface area (TPSA) is 75.3 Å². The largest absolute Gasteiger partial charge is 0.322 e. The molecule has 0 saturated carbocycles. The third-order valence-electron chi connectivity index (χ3n) is 4.23. The summed E-state index contributed by atoms with van der Waals surface area (Å²) in [6.07, 6.45) is 0.795. The number of anilines is 2. The summed E-state index contributed by atoms with van der Waals surface area (Å²) >= 11 is 11.9. The quantitative estimate of drug-likeness (QED) is 0.514. The van der Waals surface area contributed by atoms with Gasteiger partial charge in [0.15, 0.2) is 0 Å². The lowest BCUT2D eigenvalue weighted by Gasteiger charge is -2.12. The summed E-state index contributed by atoms with van der Waals surface area (Å²) < 4.78 is 27.6. The number of nitrogens with one attached hydrogen (secondary N) is 2. The van der Waals surface area contributed by atoms with Crippen LogP contribution in [0.3, 0.4) is 0 Å². The van der Waals surface area contributed by atoms with Gasteiger partial charge in [0.1, 0.15) is 4.90 Å². The van der Waals surface area contributed by atoms with Gasteiger partial charge in [0.05, 0.1) is 5.02 Å². The highest BCUT2D eigenvalue weighted by Crippen LogP contribution is 2.27. The fourth-order valence-corrected chi connectivity index (χ4v) is 4.55. The van der Waals surface area contributed by atoms with Crippen molar-refractivity contribution in [3.8, 4) is 0 Å². The molecule has 3 aromatic rings. The summed E-state index contributed by atoms with van der Waals surface area (Å²) in [5.74, 6) is -0.279. The normalized spacial score (nSPS) is 11.1. The van der Waals surface area contributed by atoms with Gasteiger partial charge in [-0.1, -0.05) is 48.3 Å². The van der Waals surface area contributed by atoms with Crippen molar-refractivity contribution in [2.45, 2.75) is 18.2 Å². The average Bonchev–Trinajstić information content (AvgIpc) is 2.70. The minimum Gasteiger partial charge on any atom is -0.322 e. The molecule has 0 aliphatic heterocycles. The van der Waals surface area contributed by atoms with E-state index in [0.29, 0.717) is 11.3 Å². The van der Waals surface area contributed by atoms with Gasteiger partial charge in [0.2, 0.25) is 0 Å². The van der Waals surface area contributed by atoms with Crippen molar-refractivity contribution in [2.24, 2.45) is 0 Å². The number of carbonyl (C=O) groups is 1. The van der Waals surface area contributed by atoms with Gasteiger partial charge in [0, 0.05) is 22.0 Å². The Labute approximate surface area is 179 Å². The number of sulfonamides is 1. The molecule has 3 rings (SSSR count). The summed E-state index contributed by atoms with van der Waals surface area (Å²) in [5.41, 5.74) is 2.48. The number of benzene rings is 3. The number of para-hydroxylation sites is 1. The minimum absolute atomic E-state index is 0.0625. The van der Waals surface area contributed by atoms with Crippen LogP contribution in [0.25, 0.3) is 0 Å². The number of carbonyl (C=O) groups excluding carboxylic acids is 1. The van der Waals surface area contributed by atoms with Gasteiger partial charge >= 0.3 is 0 Å². The highest BCUT2D eigenvalue weighted by Gasteiger charge is 2.19. The Hall–Kier alpha value is -2.54. The molecule has 5 nitrogen and oxygen atoms in total. The number of hydrogen-bond acceptors (Lipinski definition) is 3. The molecule has 0 saturated heterocycles. The number of hydrogen-bond donors (Lipinski definition) is 2. The highest BCUT2D eigenvalue weighted by atomic mass is 35.5. The number of aryl methyl sites for hydroxylation is 1. The summed E-state index contributed by atoms with van der Waals surface area (Å²) in [6, 6.07) is 17.9. The van der Waals surface area contributed by atoms with Crippen LogP contribution in [0.5, 0.6) is 0 Å². The predicted octanol–water partition coefficient (Wildman–Crippen LogP) is 5.61. The molecule has 150 valence electrons. The molecule has 3 aromatic carbocycles. The van der Waals surface area contributed by atoms with Crippen molar-refractivity contribution >= 4 is 50.5 Å². The molecule has 0 aliphatic rings. The molecule has 0 bridgehead atoms. The smallest absolute Gasteiger partial charge is 0.263 e. The Morgan fingerprint density at radius 2 is 1.66 bits per heavy atom. The first kappa shape index (κ1) is 21.2. The van der Waals surface area contributed by atoms with E-state index in [9.17, 15) is 13.2 Å². The van der Waals surface area contributed by atoms with Gasteiger partial charge in [-0.05, 0) is 60.5 Å². The van der Waals surface area contributed by atoms with Crippen molar-refractivity contribution in [1.82, 2.24) is 0 Å². The van der Waals surface area contributed by atoms with E-state index in [1.54, 1.807) is 12.1 Å². The van der Waals surface area contributed by atoms with Gasteiger partial charge in [-0.15, -0.1) is 0 Å². The molecule has 29 heavy (non-hydrogen) atoms. The molecule has 0 atom stereocenters. The van der Waals surface area contributed by atoms with Gasteiger partial charge in [0.25, 0.3) is 15.9 Å². The lowest BCUT2D eigenvalue weighted by atomic mass is 10.1. The first-order valence-corrected chi connectivity index (χ1v) is 11.0. The molecule has 0 spiro atoms. The summed E-state index contributed by atoms with van der Waals surface area (Å²) in [7, 11) is -3.92. The lowest BCUT2D eigenvalue weighted by Crippen LogP contribution is -2.15. The summed E-state index contributed by atoms with van der Waals surface area (Å²) in [4.78, 5) is 12.4. The second-order valence-electron chi connectivity index (χ2n) is 6.22. The minimum atomic E-state index is -3.92. The first-order chi connectivity index (χ1) is 13.8. The second-order valence-corrected chi connectivity index (χ2v) is 8.72. The maximum atomic E-state index is 12.6. The Balaban J connectivity index is 1.76. The van der Waals surface area contributed by atoms with Crippen molar-refractivity contribution in [2.75, 3.05) is 10.0 Å². The fraction of sp³-hybridized carbons (Fsp3) is 0.0952. The van der Waals surface area contributed by atoms with E-state index in [1.165, 1.54) is 30.3 Å².